The predicted octanol–water partition coefficient (Wildman–Crippen LogP) is 10.8. The van der Waals surface area contributed by atoms with E-state index in [1.807, 2.05) is 0 Å². The van der Waals surface area contributed by atoms with Gasteiger partial charge in [0.15, 0.2) is 0 Å². The molecule has 0 aliphatic carbocycles. The van der Waals surface area contributed by atoms with Crippen molar-refractivity contribution in [1.29, 1.82) is 0 Å². The molecule has 12 nitrogen and oxygen atoms in total. The van der Waals surface area contributed by atoms with Gasteiger partial charge in [0, 0.05) is 17.7 Å². The van der Waals surface area contributed by atoms with Crippen LogP contribution in [0.25, 0.3) is 11.5 Å². The van der Waals surface area contributed by atoms with E-state index in [0.717, 1.165) is 25.2 Å². The molecule has 0 bridgehead atoms. The van der Waals surface area contributed by atoms with Crippen LogP contribution in [-0.4, -0.2) is 57.5 Å². The number of hydrogen-bond acceptors (Lipinski definition) is 9. The molecule has 0 fully saturated rings. The molecule has 1 unspecified atom stereocenters. The van der Waals surface area contributed by atoms with Crippen molar-refractivity contribution in [3.8, 4) is 0 Å². The molecule has 3 N–H and O–H groups in total. The fourth-order valence-electron chi connectivity index (χ4n) is 4.46. The zero-order valence-corrected chi connectivity index (χ0v) is 37.1. The molecule has 0 radical (unpaired) electrons. The maximum atomic E-state index is 11.2. The zero-order chi connectivity index (χ0) is 44.0. The molecular formula is C40H73Co3N3O9-6. The summed E-state index contributed by atoms with van der Waals surface area (Å²) in [4.78, 5) is 32.0. The van der Waals surface area contributed by atoms with Crippen LogP contribution in [0.4, 0.5) is 4.79 Å². The van der Waals surface area contributed by atoms with Crippen molar-refractivity contribution in [2.75, 3.05) is 39.5 Å². The third kappa shape index (κ3) is 73.9. The molecule has 0 rings (SSSR count). The van der Waals surface area contributed by atoms with Gasteiger partial charge < -0.3 is 57.8 Å². The second kappa shape index (κ2) is 67.0. The first kappa shape index (κ1) is 68.0. The van der Waals surface area contributed by atoms with Crippen molar-refractivity contribution >= 4 is 18.0 Å². The van der Waals surface area contributed by atoms with Crippen molar-refractivity contribution in [2.45, 2.75) is 136 Å². The van der Waals surface area contributed by atoms with Crippen LogP contribution in [0.2, 0.25) is 0 Å². The Hall–Kier alpha value is -1.73. The quantitative estimate of drug-likeness (QED) is 0.0275. The molecule has 0 saturated heterocycles. The van der Waals surface area contributed by atoms with E-state index in [1.54, 1.807) is 20.8 Å². The average Bonchev–Trinajstić information content (AvgIpc) is 3.18. The van der Waals surface area contributed by atoms with Gasteiger partial charge in [-0.25, -0.2) is 14.4 Å². The fraction of sp³-hybridized carbons (Fsp3) is 0.700. The molecule has 0 aromatic heterocycles. The Morgan fingerprint density at radius 2 is 0.855 bits per heavy atom. The number of alkyl carbamates (subject to hydrolysis) is 1. The van der Waals surface area contributed by atoms with E-state index in [2.05, 4.69) is 108 Å². The van der Waals surface area contributed by atoms with Crippen LogP contribution in [0.15, 0.2) is 30.9 Å². The summed E-state index contributed by atoms with van der Waals surface area (Å²) in [5.41, 5.74) is 15.2. The van der Waals surface area contributed by atoms with Gasteiger partial charge in [0.25, 0.3) is 0 Å². The molecule has 1 amide bonds. The van der Waals surface area contributed by atoms with E-state index in [4.69, 9.17) is 27.8 Å². The minimum absolute atomic E-state index is 0.172. The third-order valence-electron chi connectivity index (χ3n) is 7.03. The molecule has 0 saturated carbocycles. The molecule has 0 spiro atoms. The van der Waals surface area contributed by atoms with E-state index in [9.17, 15) is 14.4 Å². The number of allylic oxidation sites excluding steroid dienone is 1. The first-order valence-corrected chi connectivity index (χ1v) is 19.9. The molecule has 1 atom stereocenters. The summed E-state index contributed by atoms with van der Waals surface area (Å²) in [6.45, 7) is 27.5. The predicted molar refractivity (Wildman–Crippen MR) is 209 cm³/mol. The molecule has 0 aromatic rings. The van der Waals surface area contributed by atoms with Crippen LogP contribution in [-0.2, 0) is 82.4 Å². The van der Waals surface area contributed by atoms with Gasteiger partial charge in [0.05, 0.1) is 0 Å². The Labute approximate surface area is 359 Å². The fourth-order valence-corrected chi connectivity index (χ4v) is 4.46. The second-order valence-corrected chi connectivity index (χ2v) is 11.8. The number of esters is 2. The van der Waals surface area contributed by atoms with Gasteiger partial charge in [-0.3, -0.25) is 6.58 Å². The summed E-state index contributed by atoms with van der Waals surface area (Å²) in [6, 6.07) is 0. The number of carbonyl (C=O) groups is 3. The Balaban J connectivity index is -0.000000149. The Morgan fingerprint density at radius 1 is 0.582 bits per heavy atom. The molecule has 55 heavy (non-hydrogen) atoms. The molecule has 0 aliphatic heterocycles. The normalized spacial score (nSPS) is 9.51. The number of rotatable bonds is 27. The van der Waals surface area contributed by atoms with Crippen molar-refractivity contribution < 1.29 is 87.2 Å². The Kier molecular flexibility index (Phi) is 82.9. The molecule has 0 aliphatic rings. The van der Waals surface area contributed by atoms with Crippen LogP contribution in [0.5, 0.6) is 0 Å². The summed E-state index contributed by atoms with van der Waals surface area (Å²) in [6.07, 6.45) is 24.9. The van der Waals surface area contributed by atoms with Crippen molar-refractivity contribution in [3.63, 3.8) is 0 Å². The zero-order valence-electron chi connectivity index (χ0n) is 34.0. The Bertz CT molecular complexity index is 825. The van der Waals surface area contributed by atoms with E-state index in [0.29, 0.717) is 30.8 Å². The van der Waals surface area contributed by atoms with Crippen LogP contribution in [0, 0.1) is 32.8 Å². The number of carbonyl (C=O) groups excluding carboxylic acids is 3. The third-order valence-corrected chi connectivity index (χ3v) is 7.03. The van der Waals surface area contributed by atoms with Gasteiger partial charge in [0.2, 0.25) is 0 Å². The number of hydrogen-bond donors (Lipinski definition) is 1. The topological polar surface area (TPSA) is 190 Å². The first-order chi connectivity index (χ1) is 26.5. The number of unbranched alkanes of at least 4 members (excludes halogenated alkanes) is 12. The van der Waals surface area contributed by atoms with Crippen LogP contribution in [0.3, 0.4) is 0 Å². The van der Waals surface area contributed by atoms with Gasteiger partial charge in [-0.05, 0) is 46.0 Å². The van der Waals surface area contributed by atoms with E-state index >= 15 is 0 Å². The van der Waals surface area contributed by atoms with Gasteiger partial charge >= 0.3 is 76.6 Å². The molecule has 0 aromatic carbocycles. The van der Waals surface area contributed by atoms with Gasteiger partial charge in [-0.2, -0.15) is 20.0 Å². The van der Waals surface area contributed by atoms with Crippen molar-refractivity contribution in [3.05, 3.63) is 69.2 Å². The van der Waals surface area contributed by atoms with Crippen molar-refractivity contribution in [2.24, 2.45) is 5.92 Å². The summed E-state index contributed by atoms with van der Waals surface area (Å²) in [5, 5.41) is 2.77. The molecular weight excluding hydrogens is 843 g/mol. The maximum absolute atomic E-state index is 11.2. The van der Waals surface area contributed by atoms with E-state index < -0.39 is 0 Å². The first-order valence-electron chi connectivity index (χ1n) is 18.6. The van der Waals surface area contributed by atoms with Crippen molar-refractivity contribution in [1.82, 2.24) is 5.32 Å². The second-order valence-electron chi connectivity index (χ2n) is 11.8. The minimum atomic E-state index is -0.375. The van der Waals surface area contributed by atoms with Gasteiger partial charge in [-0.15, -0.1) is 0 Å². The van der Waals surface area contributed by atoms with E-state index in [1.165, 1.54) is 96.3 Å². The summed E-state index contributed by atoms with van der Waals surface area (Å²) in [7, 11) is 0. The van der Waals surface area contributed by atoms with Gasteiger partial charge in [0.1, 0.15) is 0 Å². The van der Waals surface area contributed by atoms with Crippen LogP contribution >= 0.6 is 0 Å². The molecule has 335 valence electrons. The summed E-state index contributed by atoms with van der Waals surface area (Å²) >= 11 is 6.94. The van der Waals surface area contributed by atoms with Crippen LogP contribution in [0.1, 0.15) is 136 Å². The number of nitrogens with one attached hydrogen (secondary N) is 3. The SMILES string of the molecule is C=C(C)C(=O)OC[CH2-].C=C(C)C(=O)OC[CH2-].C=[C-]C.[CH2-]COC(=O)NCCCCCC(CCCCCCC[NH-])CCCCCCCCC[NH-].[O]=[Co].[O]=[Co].[O]=[Co]. The molecule has 15 heteroatoms. The van der Waals surface area contributed by atoms with Crippen LogP contribution < -0.4 is 5.32 Å². The standard InChI is InChI=1S/C25H50N3O2.2C6H9O2.C3H5.3Co.3O/c1-2-30-25(29)28-23-17-11-14-20-24(19-13-8-6-10-16-22-27)18-12-7-4-3-5-9-15-21-26;2*1-4-8-6(7)5(2)3;1-3-2;;;;;;/h24,26-27H,1-23H2,(H,28,29);2*1-2,4H2,3H3;1H2,2H3;;;;;;/q-3;3*-1;;;;;;. The average molecular weight is 917 g/mol. The number of ether oxygens (including phenoxy) is 3. The monoisotopic (exact) mass is 916 g/mol. The van der Waals surface area contributed by atoms with Gasteiger partial charge in [-0.1, -0.05) is 122 Å². The van der Waals surface area contributed by atoms with E-state index in [-0.39, 0.29) is 37.9 Å². The summed E-state index contributed by atoms with van der Waals surface area (Å²) in [5.74, 6) is 0.105. The Morgan fingerprint density at radius 3 is 1.11 bits per heavy atom. The molecule has 0 heterocycles. The number of amides is 1. The summed E-state index contributed by atoms with van der Waals surface area (Å²) < 4.78 is 37.5.